The molecule has 1 aromatic carbocycles. The fraction of sp³-hybridized carbons (Fsp3) is 0.263. The molecule has 1 aliphatic rings. The minimum absolute atomic E-state index is 0.113. The second-order valence-electron chi connectivity index (χ2n) is 6.18. The molecule has 0 spiro atoms. The Kier molecular flexibility index (Phi) is 3.37. The molecule has 0 saturated carbocycles. The minimum Gasteiger partial charge on any atom is -0.360 e. The number of H-pyrrole nitrogens is 1. The molecule has 23 heavy (non-hydrogen) atoms. The summed E-state index contributed by atoms with van der Waals surface area (Å²) in [6.45, 7) is 3.81. The molecule has 1 fully saturated rings. The first-order chi connectivity index (χ1) is 11.2. The number of hydrogen-bond acceptors (Lipinski definition) is 2. The third-order valence-corrected chi connectivity index (χ3v) is 4.51. The summed E-state index contributed by atoms with van der Waals surface area (Å²) in [5.41, 5.74) is 4.90. The van der Waals surface area contributed by atoms with Crippen LogP contribution < -0.4 is 0 Å². The van der Waals surface area contributed by atoms with Crippen molar-refractivity contribution in [1.29, 1.82) is 0 Å². The van der Waals surface area contributed by atoms with Gasteiger partial charge in [-0.1, -0.05) is 11.6 Å². The van der Waals surface area contributed by atoms with Crippen LogP contribution in [0.4, 0.5) is 0 Å². The van der Waals surface area contributed by atoms with Crippen molar-refractivity contribution in [3.05, 3.63) is 53.9 Å². The number of likely N-dealkylation sites (tertiary alicyclic amines) is 1. The lowest BCUT2D eigenvalue weighted by atomic mass is 10.1. The van der Waals surface area contributed by atoms with E-state index in [9.17, 15) is 4.79 Å². The maximum absolute atomic E-state index is 12.6. The maximum Gasteiger partial charge on any atom is 0.253 e. The van der Waals surface area contributed by atoms with Gasteiger partial charge in [0.05, 0.1) is 5.69 Å². The number of benzene rings is 1. The number of hydrogen-bond donors (Lipinski definition) is 1. The van der Waals surface area contributed by atoms with E-state index in [2.05, 4.69) is 35.1 Å². The standard InChI is InChI=1S/C19H19N3O/c1-13-4-5-17-15(10-13)16(12-21-17)18-11-14(6-7-20-18)19(23)22-8-2-3-9-22/h4-7,10-12,21H,2-3,8-9H2,1H3. The predicted octanol–water partition coefficient (Wildman–Crippen LogP) is 3.77. The number of carbonyl (C=O) groups excluding carboxylic acids is 1. The van der Waals surface area contributed by atoms with E-state index in [1.807, 2.05) is 23.2 Å². The first-order valence-electron chi connectivity index (χ1n) is 8.06. The zero-order valence-corrected chi connectivity index (χ0v) is 13.2. The van der Waals surface area contributed by atoms with E-state index >= 15 is 0 Å². The average Bonchev–Trinajstić information content (AvgIpc) is 3.23. The van der Waals surface area contributed by atoms with Gasteiger partial charge in [0.25, 0.3) is 5.91 Å². The molecule has 3 aromatic rings. The van der Waals surface area contributed by atoms with Crippen LogP contribution in [0.2, 0.25) is 0 Å². The van der Waals surface area contributed by atoms with Crippen LogP contribution in [-0.4, -0.2) is 33.9 Å². The van der Waals surface area contributed by atoms with Crippen LogP contribution in [0.1, 0.15) is 28.8 Å². The van der Waals surface area contributed by atoms with Gasteiger partial charge in [0, 0.05) is 47.5 Å². The summed E-state index contributed by atoms with van der Waals surface area (Å²) >= 11 is 0. The zero-order chi connectivity index (χ0) is 15.8. The quantitative estimate of drug-likeness (QED) is 0.783. The van der Waals surface area contributed by atoms with Crippen molar-refractivity contribution in [2.75, 3.05) is 13.1 Å². The van der Waals surface area contributed by atoms with Crippen molar-refractivity contribution in [3.8, 4) is 11.3 Å². The molecule has 3 heterocycles. The van der Waals surface area contributed by atoms with Gasteiger partial charge in [-0.05, 0) is 44.0 Å². The van der Waals surface area contributed by atoms with Crippen molar-refractivity contribution >= 4 is 16.8 Å². The largest absolute Gasteiger partial charge is 0.360 e. The Hall–Kier alpha value is -2.62. The molecular weight excluding hydrogens is 286 g/mol. The Labute approximate surface area is 135 Å². The Balaban J connectivity index is 1.75. The Morgan fingerprint density at radius 3 is 2.83 bits per heavy atom. The molecule has 116 valence electrons. The van der Waals surface area contributed by atoms with Crippen LogP contribution in [0.5, 0.6) is 0 Å². The molecule has 1 N–H and O–H groups in total. The number of carbonyl (C=O) groups is 1. The molecule has 0 bridgehead atoms. The number of pyridine rings is 1. The topological polar surface area (TPSA) is 49.0 Å². The second kappa shape index (κ2) is 5.54. The summed E-state index contributed by atoms with van der Waals surface area (Å²) in [6, 6.07) is 10.0. The van der Waals surface area contributed by atoms with Crippen molar-refractivity contribution < 1.29 is 4.79 Å². The third kappa shape index (κ3) is 2.50. The fourth-order valence-corrected chi connectivity index (χ4v) is 3.26. The summed E-state index contributed by atoms with van der Waals surface area (Å²) < 4.78 is 0. The maximum atomic E-state index is 12.6. The number of fused-ring (bicyclic) bond motifs is 1. The van der Waals surface area contributed by atoms with Gasteiger partial charge in [0.1, 0.15) is 0 Å². The van der Waals surface area contributed by atoms with Crippen molar-refractivity contribution in [3.63, 3.8) is 0 Å². The van der Waals surface area contributed by atoms with Gasteiger partial charge in [-0.2, -0.15) is 0 Å². The molecular formula is C19H19N3O. The summed E-state index contributed by atoms with van der Waals surface area (Å²) in [5.74, 6) is 0.113. The Morgan fingerprint density at radius 2 is 2.00 bits per heavy atom. The SMILES string of the molecule is Cc1ccc2[nH]cc(-c3cc(C(=O)N4CCCC4)ccn3)c2c1. The predicted molar refractivity (Wildman–Crippen MR) is 91.4 cm³/mol. The van der Waals surface area contributed by atoms with Crippen LogP contribution in [0.15, 0.2) is 42.7 Å². The third-order valence-electron chi connectivity index (χ3n) is 4.51. The number of aromatic amines is 1. The highest BCUT2D eigenvalue weighted by molar-refractivity contribution is 5.98. The molecule has 4 rings (SSSR count). The van der Waals surface area contributed by atoms with Gasteiger partial charge >= 0.3 is 0 Å². The van der Waals surface area contributed by atoms with Crippen LogP contribution in [-0.2, 0) is 0 Å². The molecule has 1 amide bonds. The summed E-state index contributed by atoms with van der Waals surface area (Å²) in [5, 5.41) is 1.14. The van der Waals surface area contributed by atoms with E-state index < -0.39 is 0 Å². The normalized spacial score (nSPS) is 14.6. The fourth-order valence-electron chi connectivity index (χ4n) is 3.26. The molecule has 0 aliphatic carbocycles. The number of nitrogens with zero attached hydrogens (tertiary/aromatic N) is 2. The van der Waals surface area contributed by atoms with Crippen molar-refractivity contribution in [1.82, 2.24) is 14.9 Å². The molecule has 0 radical (unpaired) electrons. The van der Waals surface area contributed by atoms with Gasteiger partial charge < -0.3 is 9.88 Å². The molecule has 4 nitrogen and oxygen atoms in total. The molecule has 1 aliphatic heterocycles. The number of amides is 1. The smallest absolute Gasteiger partial charge is 0.253 e. The monoisotopic (exact) mass is 305 g/mol. The van der Waals surface area contributed by atoms with Crippen molar-refractivity contribution in [2.45, 2.75) is 19.8 Å². The van der Waals surface area contributed by atoms with E-state index in [1.165, 1.54) is 5.56 Å². The molecule has 0 atom stereocenters. The van der Waals surface area contributed by atoms with E-state index in [0.717, 1.165) is 53.7 Å². The first kappa shape index (κ1) is 14.0. The lowest BCUT2D eigenvalue weighted by Crippen LogP contribution is -2.27. The first-order valence-corrected chi connectivity index (χ1v) is 8.06. The van der Waals surface area contributed by atoms with Crippen LogP contribution in [0.25, 0.3) is 22.2 Å². The summed E-state index contributed by atoms with van der Waals surface area (Å²) in [6.07, 6.45) is 5.90. The van der Waals surface area contributed by atoms with Crippen LogP contribution >= 0.6 is 0 Å². The number of aromatic nitrogens is 2. The van der Waals surface area contributed by atoms with E-state index in [4.69, 9.17) is 0 Å². The molecule has 4 heteroatoms. The Morgan fingerprint density at radius 1 is 1.17 bits per heavy atom. The zero-order valence-electron chi connectivity index (χ0n) is 13.2. The lowest BCUT2D eigenvalue weighted by molar-refractivity contribution is 0.0793. The minimum atomic E-state index is 0.113. The van der Waals surface area contributed by atoms with Crippen LogP contribution in [0, 0.1) is 6.92 Å². The Bertz CT molecular complexity index is 875. The number of rotatable bonds is 2. The van der Waals surface area contributed by atoms with Gasteiger partial charge in [0.15, 0.2) is 0 Å². The number of nitrogens with one attached hydrogen (secondary N) is 1. The molecule has 2 aromatic heterocycles. The number of aryl methyl sites for hydroxylation is 1. The van der Waals surface area contributed by atoms with E-state index in [-0.39, 0.29) is 5.91 Å². The van der Waals surface area contributed by atoms with Gasteiger partial charge in [0.2, 0.25) is 0 Å². The van der Waals surface area contributed by atoms with Gasteiger partial charge in [-0.3, -0.25) is 9.78 Å². The highest BCUT2D eigenvalue weighted by Gasteiger charge is 2.20. The van der Waals surface area contributed by atoms with E-state index in [1.54, 1.807) is 6.20 Å². The average molecular weight is 305 g/mol. The van der Waals surface area contributed by atoms with Crippen molar-refractivity contribution in [2.24, 2.45) is 0 Å². The van der Waals surface area contributed by atoms with Gasteiger partial charge in [-0.25, -0.2) is 0 Å². The highest BCUT2D eigenvalue weighted by Crippen LogP contribution is 2.28. The second-order valence-corrected chi connectivity index (χ2v) is 6.18. The molecule has 1 saturated heterocycles. The van der Waals surface area contributed by atoms with Crippen LogP contribution in [0.3, 0.4) is 0 Å². The van der Waals surface area contributed by atoms with E-state index in [0.29, 0.717) is 0 Å². The summed E-state index contributed by atoms with van der Waals surface area (Å²) in [4.78, 5) is 22.3. The lowest BCUT2D eigenvalue weighted by Gasteiger charge is -2.15. The highest BCUT2D eigenvalue weighted by atomic mass is 16.2. The summed E-state index contributed by atoms with van der Waals surface area (Å²) in [7, 11) is 0. The van der Waals surface area contributed by atoms with Gasteiger partial charge in [-0.15, -0.1) is 0 Å². The molecule has 0 unspecified atom stereocenters.